The first-order chi connectivity index (χ1) is 9.33. The summed E-state index contributed by atoms with van der Waals surface area (Å²) in [6.07, 6.45) is 6.93. The van der Waals surface area contributed by atoms with Gasteiger partial charge >= 0.3 is 0 Å². The third-order valence-electron chi connectivity index (χ3n) is 3.71. The molecule has 19 heavy (non-hydrogen) atoms. The number of aromatic amines is 1. The van der Waals surface area contributed by atoms with Crippen LogP contribution in [0.25, 0.3) is 0 Å². The molecule has 0 spiro atoms. The smallest absolute Gasteiger partial charge is 0.253 e. The van der Waals surface area contributed by atoms with Crippen LogP contribution < -0.4 is 5.32 Å². The molecule has 1 aliphatic heterocycles. The lowest BCUT2D eigenvalue weighted by Crippen LogP contribution is -2.50. The zero-order chi connectivity index (χ0) is 13.1. The second kappa shape index (κ2) is 5.75. The third-order valence-corrected chi connectivity index (χ3v) is 3.71. The minimum absolute atomic E-state index is 0.0464. The van der Waals surface area contributed by atoms with E-state index in [1.807, 2.05) is 0 Å². The molecule has 0 aromatic carbocycles. The van der Waals surface area contributed by atoms with Crippen molar-refractivity contribution in [2.75, 3.05) is 19.8 Å². The van der Waals surface area contributed by atoms with Gasteiger partial charge < -0.3 is 19.8 Å². The number of amides is 1. The highest BCUT2D eigenvalue weighted by atomic mass is 16.5. The lowest BCUT2D eigenvalue weighted by molar-refractivity contribution is -0.0567. The van der Waals surface area contributed by atoms with Crippen LogP contribution in [0.3, 0.4) is 0 Å². The highest BCUT2D eigenvalue weighted by Gasteiger charge is 2.30. The van der Waals surface area contributed by atoms with E-state index in [0.717, 1.165) is 18.9 Å². The summed E-state index contributed by atoms with van der Waals surface area (Å²) >= 11 is 0. The van der Waals surface area contributed by atoms with Crippen LogP contribution in [0.4, 0.5) is 0 Å². The molecule has 1 aromatic rings. The number of hydrogen-bond donors (Lipinski definition) is 2. The summed E-state index contributed by atoms with van der Waals surface area (Å²) in [6, 6.07) is 1.72. The maximum atomic E-state index is 12.0. The molecule has 2 aliphatic rings. The molecule has 0 unspecified atom stereocenters. The Balaban J connectivity index is 1.55. The van der Waals surface area contributed by atoms with Crippen LogP contribution in [-0.4, -0.2) is 42.9 Å². The lowest BCUT2D eigenvalue weighted by Gasteiger charge is -2.32. The van der Waals surface area contributed by atoms with Crippen LogP contribution in [0.5, 0.6) is 0 Å². The average Bonchev–Trinajstić information content (AvgIpc) is 3.09. The topological polar surface area (TPSA) is 63.4 Å². The van der Waals surface area contributed by atoms with Gasteiger partial charge in [0.1, 0.15) is 0 Å². The molecule has 0 radical (unpaired) electrons. The fourth-order valence-electron chi connectivity index (χ4n) is 2.31. The minimum Gasteiger partial charge on any atom is -0.379 e. The quantitative estimate of drug-likeness (QED) is 0.843. The number of rotatable bonds is 5. The monoisotopic (exact) mass is 264 g/mol. The van der Waals surface area contributed by atoms with Gasteiger partial charge in [0, 0.05) is 25.6 Å². The number of carbonyl (C=O) groups excluding carboxylic acids is 1. The molecule has 2 N–H and O–H groups in total. The van der Waals surface area contributed by atoms with Crippen molar-refractivity contribution in [1.29, 1.82) is 0 Å². The number of ether oxygens (including phenoxy) is 2. The van der Waals surface area contributed by atoms with Crippen LogP contribution >= 0.6 is 0 Å². The van der Waals surface area contributed by atoms with Crippen molar-refractivity contribution >= 4 is 5.91 Å². The Bertz CT molecular complexity index is 414. The highest BCUT2D eigenvalue weighted by molar-refractivity contribution is 5.94. The van der Waals surface area contributed by atoms with Gasteiger partial charge in [-0.1, -0.05) is 0 Å². The SMILES string of the molecule is O=C(N[C@@H]1COCC[C@@H]1OCC1CC1)c1cc[nH]c1. The van der Waals surface area contributed by atoms with Crippen molar-refractivity contribution in [2.24, 2.45) is 5.92 Å². The predicted octanol–water partition coefficient (Wildman–Crippen LogP) is 1.33. The van der Waals surface area contributed by atoms with E-state index in [2.05, 4.69) is 10.3 Å². The number of H-pyrrole nitrogens is 1. The van der Waals surface area contributed by atoms with E-state index < -0.39 is 0 Å². The van der Waals surface area contributed by atoms with E-state index in [0.29, 0.717) is 18.8 Å². The fourth-order valence-corrected chi connectivity index (χ4v) is 2.31. The number of aromatic nitrogens is 1. The summed E-state index contributed by atoms with van der Waals surface area (Å²) in [5.41, 5.74) is 0.645. The van der Waals surface area contributed by atoms with Crippen molar-refractivity contribution in [1.82, 2.24) is 10.3 Å². The van der Waals surface area contributed by atoms with Gasteiger partial charge in [0.2, 0.25) is 0 Å². The van der Waals surface area contributed by atoms with Gasteiger partial charge in [-0.15, -0.1) is 0 Å². The first-order valence-electron chi connectivity index (χ1n) is 6.96. The zero-order valence-electron chi connectivity index (χ0n) is 10.9. The molecule has 3 rings (SSSR count). The Hall–Kier alpha value is -1.33. The van der Waals surface area contributed by atoms with Crippen LogP contribution in [-0.2, 0) is 9.47 Å². The standard InChI is InChI=1S/C14H20N2O3/c17-14(11-3-5-15-7-11)16-12-9-18-6-4-13(12)19-8-10-1-2-10/h3,5,7,10,12-13,15H,1-2,4,6,8-9H2,(H,16,17)/t12-,13+/m1/s1. The van der Waals surface area contributed by atoms with E-state index >= 15 is 0 Å². The molecule has 5 nitrogen and oxygen atoms in total. The molecule has 1 saturated carbocycles. The molecule has 5 heteroatoms. The molecule has 2 heterocycles. The maximum absolute atomic E-state index is 12.0. The fraction of sp³-hybridized carbons (Fsp3) is 0.643. The minimum atomic E-state index is -0.0724. The molecule has 2 fully saturated rings. The van der Waals surface area contributed by atoms with E-state index in [1.54, 1.807) is 18.5 Å². The van der Waals surface area contributed by atoms with Crippen molar-refractivity contribution in [3.63, 3.8) is 0 Å². The lowest BCUT2D eigenvalue weighted by atomic mass is 10.1. The van der Waals surface area contributed by atoms with Crippen LogP contribution in [0.15, 0.2) is 18.5 Å². The largest absolute Gasteiger partial charge is 0.379 e. The molecule has 104 valence electrons. The average molecular weight is 264 g/mol. The molecule has 1 amide bonds. The molecule has 1 aliphatic carbocycles. The predicted molar refractivity (Wildman–Crippen MR) is 69.9 cm³/mol. The molecular formula is C14H20N2O3. The van der Waals surface area contributed by atoms with E-state index in [1.165, 1.54) is 12.8 Å². The van der Waals surface area contributed by atoms with E-state index in [4.69, 9.17) is 9.47 Å². The van der Waals surface area contributed by atoms with Crippen molar-refractivity contribution in [3.05, 3.63) is 24.0 Å². The second-order valence-electron chi connectivity index (χ2n) is 5.36. The van der Waals surface area contributed by atoms with Crippen molar-refractivity contribution in [2.45, 2.75) is 31.4 Å². The highest BCUT2D eigenvalue weighted by Crippen LogP contribution is 2.30. The summed E-state index contributed by atoms with van der Waals surface area (Å²) < 4.78 is 11.4. The van der Waals surface area contributed by atoms with Crippen LogP contribution in [0, 0.1) is 5.92 Å². The summed E-state index contributed by atoms with van der Waals surface area (Å²) in [5.74, 6) is 0.667. The Labute approximate surface area is 112 Å². The van der Waals surface area contributed by atoms with Crippen LogP contribution in [0.1, 0.15) is 29.6 Å². The Kier molecular flexibility index (Phi) is 3.84. The van der Waals surface area contributed by atoms with Gasteiger partial charge in [0.25, 0.3) is 5.91 Å². The number of nitrogens with one attached hydrogen (secondary N) is 2. The zero-order valence-corrected chi connectivity index (χ0v) is 10.9. The third kappa shape index (κ3) is 3.36. The molecule has 1 saturated heterocycles. The van der Waals surface area contributed by atoms with Crippen LogP contribution in [0.2, 0.25) is 0 Å². The van der Waals surface area contributed by atoms with E-state index in [9.17, 15) is 4.79 Å². The normalized spacial score (nSPS) is 27.2. The summed E-state index contributed by atoms with van der Waals surface area (Å²) in [6.45, 7) is 2.07. The van der Waals surface area contributed by atoms with Gasteiger partial charge in [-0.3, -0.25) is 4.79 Å². The van der Waals surface area contributed by atoms with Gasteiger partial charge in [-0.25, -0.2) is 0 Å². The molecule has 2 atom stereocenters. The van der Waals surface area contributed by atoms with Gasteiger partial charge in [-0.2, -0.15) is 0 Å². The molecule has 1 aromatic heterocycles. The number of hydrogen-bond acceptors (Lipinski definition) is 3. The molecular weight excluding hydrogens is 244 g/mol. The summed E-state index contributed by atoms with van der Waals surface area (Å²) in [4.78, 5) is 14.9. The number of carbonyl (C=O) groups is 1. The van der Waals surface area contributed by atoms with Gasteiger partial charge in [0.05, 0.1) is 24.3 Å². The second-order valence-corrected chi connectivity index (χ2v) is 5.36. The van der Waals surface area contributed by atoms with Gasteiger partial charge in [-0.05, 0) is 31.2 Å². The maximum Gasteiger partial charge on any atom is 0.253 e. The van der Waals surface area contributed by atoms with E-state index in [-0.39, 0.29) is 18.1 Å². The molecule has 0 bridgehead atoms. The van der Waals surface area contributed by atoms with Crippen molar-refractivity contribution < 1.29 is 14.3 Å². The first kappa shape index (κ1) is 12.7. The summed E-state index contributed by atoms with van der Waals surface area (Å²) in [7, 11) is 0. The van der Waals surface area contributed by atoms with Gasteiger partial charge in [0.15, 0.2) is 0 Å². The Morgan fingerprint density at radius 3 is 3.11 bits per heavy atom. The summed E-state index contributed by atoms with van der Waals surface area (Å²) in [5, 5.41) is 3.01. The van der Waals surface area contributed by atoms with Crippen molar-refractivity contribution in [3.8, 4) is 0 Å². The Morgan fingerprint density at radius 2 is 2.37 bits per heavy atom. The first-order valence-corrected chi connectivity index (χ1v) is 6.96. The Morgan fingerprint density at radius 1 is 1.47 bits per heavy atom.